The van der Waals surface area contributed by atoms with Crippen molar-refractivity contribution < 1.29 is 9.53 Å². The van der Waals surface area contributed by atoms with Gasteiger partial charge in [-0.05, 0) is 40.2 Å². The van der Waals surface area contributed by atoms with Crippen LogP contribution in [-0.2, 0) is 23.1 Å². The zero-order valence-corrected chi connectivity index (χ0v) is 12.2. The van der Waals surface area contributed by atoms with Crippen molar-refractivity contribution in [3.8, 4) is 0 Å². The van der Waals surface area contributed by atoms with Gasteiger partial charge in [0.1, 0.15) is 11.6 Å². The number of ether oxygens (including phenoxy) is 1. The number of likely N-dealkylation sites (tertiary alicyclic amines) is 1. The number of aryl methyl sites for hydroxylation is 1. The van der Waals surface area contributed by atoms with Crippen LogP contribution in [0.2, 0.25) is 0 Å². The van der Waals surface area contributed by atoms with Gasteiger partial charge in [0.2, 0.25) is 0 Å². The summed E-state index contributed by atoms with van der Waals surface area (Å²) in [6.07, 6.45) is 5.77. The first-order chi connectivity index (χ1) is 8.85. The summed E-state index contributed by atoms with van der Waals surface area (Å²) in [5, 5.41) is 4.16. The summed E-state index contributed by atoms with van der Waals surface area (Å²) in [4.78, 5) is 14.4. The molecule has 2 heterocycles. The molecule has 0 aromatic carbocycles. The first-order valence-electron chi connectivity index (χ1n) is 6.79. The average Bonchev–Trinajstić information content (AvgIpc) is 2.86. The van der Waals surface area contributed by atoms with Crippen molar-refractivity contribution in [2.45, 2.75) is 51.8 Å². The van der Waals surface area contributed by atoms with Crippen LogP contribution in [0.3, 0.4) is 0 Å². The molecule has 0 amide bonds. The Morgan fingerprint density at radius 2 is 2.26 bits per heavy atom. The SMILES string of the molecule is Cn1cc(CN2CCC[C@@H]2C(=O)OC(C)(C)C)cn1. The molecule has 0 N–H and O–H groups in total. The van der Waals surface area contributed by atoms with Gasteiger partial charge in [0.15, 0.2) is 0 Å². The van der Waals surface area contributed by atoms with Crippen LogP contribution >= 0.6 is 0 Å². The molecule has 1 aromatic rings. The maximum Gasteiger partial charge on any atom is 0.323 e. The second kappa shape index (κ2) is 5.33. The van der Waals surface area contributed by atoms with Gasteiger partial charge in [-0.2, -0.15) is 5.10 Å². The van der Waals surface area contributed by atoms with Gasteiger partial charge in [-0.25, -0.2) is 0 Å². The van der Waals surface area contributed by atoms with E-state index >= 15 is 0 Å². The molecule has 0 unspecified atom stereocenters. The number of nitrogens with zero attached hydrogens (tertiary/aromatic N) is 3. The van der Waals surface area contributed by atoms with E-state index in [0.29, 0.717) is 0 Å². The van der Waals surface area contributed by atoms with E-state index in [-0.39, 0.29) is 12.0 Å². The van der Waals surface area contributed by atoms with Crippen molar-refractivity contribution in [3.05, 3.63) is 18.0 Å². The summed E-state index contributed by atoms with van der Waals surface area (Å²) in [7, 11) is 1.90. The molecule has 2 rings (SSSR count). The molecule has 1 aliphatic rings. The lowest BCUT2D eigenvalue weighted by Crippen LogP contribution is -2.40. The topological polar surface area (TPSA) is 47.4 Å². The van der Waals surface area contributed by atoms with Crippen molar-refractivity contribution in [1.29, 1.82) is 0 Å². The molecule has 0 radical (unpaired) electrons. The fourth-order valence-electron chi connectivity index (χ4n) is 2.44. The minimum absolute atomic E-state index is 0.103. The van der Waals surface area contributed by atoms with Crippen molar-refractivity contribution in [2.75, 3.05) is 6.54 Å². The number of hydrogen-bond acceptors (Lipinski definition) is 4. The average molecular weight is 265 g/mol. The number of carbonyl (C=O) groups excluding carboxylic acids is 1. The summed E-state index contributed by atoms with van der Waals surface area (Å²) in [6, 6.07) is -0.112. The summed E-state index contributed by atoms with van der Waals surface area (Å²) in [6.45, 7) is 7.43. The Hall–Kier alpha value is -1.36. The van der Waals surface area contributed by atoms with E-state index in [1.165, 1.54) is 0 Å². The number of rotatable bonds is 3. The van der Waals surface area contributed by atoms with Gasteiger partial charge in [0, 0.05) is 25.4 Å². The molecule has 1 aromatic heterocycles. The smallest absolute Gasteiger partial charge is 0.323 e. The molecule has 106 valence electrons. The molecule has 1 aliphatic heterocycles. The van der Waals surface area contributed by atoms with Crippen molar-refractivity contribution in [1.82, 2.24) is 14.7 Å². The lowest BCUT2D eigenvalue weighted by atomic mass is 10.1. The third-order valence-corrected chi connectivity index (χ3v) is 3.19. The van der Waals surface area contributed by atoms with E-state index in [9.17, 15) is 4.79 Å². The molecule has 19 heavy (non-hydrogen) atoms. The van der Waals surface area contributed by atoms with Crippen molar-refractivity contribution in [3.63, 3.8) is 0 Å². The predicted octanol–water partition coefficient (Wildman–Crippen LogP) is 1.73. The minimum Gasteiger partial charge on any atom is -0.459 e. The molecule has 1 fully saturated rings. The largest absolute Gasteiger partial charge is 0.459 e. The van der Waals surface area contributed by atoms with Gasteiger partial charge in [-0.1, -0.05) is 0 Å². The van der Waals surface area contributed by atoms with E-state index in [0.717, 1.165) is 31.5 Å². The lowest BCUT2D eigenvalue weighted by molar-refractivity contribution is -0.160. The Bertz CT molecular complexity index is 448. The zero-order valence-electron chi connectivity index (χ0n) is 12.2. The van der Waals surface area contributed by atoms with E-state index in [1.807, 2.05) is 40.2 Å². The zero-order chi connectivity index (χ0) is 14.0. The lowest BCUT2D eigenvalue weighted by Gasteiger charge is -2.27. The summed E-state index contributed by atoms with van der Waals surface area (Å²) >= 11 is 0. The second-order valence-corrected chi connectivity index (χ2v) is 6.18. The Labute approximate surface area is 114 Å². The Balaban J connectivity index is 1.98. The highest BCUT2D eigenvalue weighted by Gasteiger charge is 2.34. The van der Waals surface area contributed by atoms with Gasteiger partial charge in [0.25, 0.3) is 0 Å². The number of hydrogen-bond donors (Lipinski definition) is 0. The molecule has 0 spiro atoms. The molecule has 0 bridgehead atoms. The minimum atomic E-state index is -0.417. The van der Waals surface area contributed by atoms with Crippen LogP contribution in [0.5, 0.6) is 0 Å². The van der Waals surface area contributed by atoms with Crippen molar-refractivity contribution >= 4 is 5.97 Å². The second-order valence-electron chi connectivity index (χ2n) is 6.18. The van der Waals surface area contributed by atoms with E-state index < -0.39 is 5.60 Å². The van der Waals surface area contributed by atoms with Crippen LogP contribution < -0.4 is 0 Å². The Kier molecular flexibility index (Phi) is 3.94. The fraction of sp³-hybridized carbons (Fsp3) is 0.714. The van der Waals surface area contributed by atoms with Crippen LogP contribution in [0.15, 0.2) is 12.4 Å². The van der Waals surface area contributed by atoms with Crippen molar-refractivity contribution in [2.24, 2.45) is 7.05 Å². The maximum absolute atomic E-state index is 12.2. The first-order valence-corrected chi connectivity index (χ1v) is 6.79. The van der Waals surface area contributed by atoms with Gasteiger partial charge in [-0.15, -0.1) is 0 Å². The predicted molar refractivity (Wildman–Crippen MR) is 72.5 cm³/mol. The van der Waals surface area contributed by atoms with Crippen LogP contribution in [0.4, 0.5) is 0 Å². The fourth-order valence-corrected chi connectivity index (χ4v) is 2.44. The molecule has 5 heteroatoms. The molecule has 1 saturated heterocycles. The van der Waals surface area contributed by atoms with E-state index in [2.05, 4.69) is 10.00 Å². The highest BCUT2D eigenvalue weighted by Crippen LogP contribution is 2.22. The summed E-state index contributed by atoms with van der Waals surface area (Å²) in [5.41, 5.74) is 0.720. The quantitative estimate of drug-likeness (QED) is 0.781. The third kappa shape index (κ3) is 3.80. The van der Waals surface area contributed by atoms with Gasteiger partial charge in [-0.3, -0.25) is 14.4 Å². The molecule has 5 nitrogen and oxygen atoms in total. The molecular weight excluding hydrogens is 242 g/mol. The van der Waals surface area contributed by atoms with Crippen LogP contribution in [-0.4, -0.2) is 38.8 Å². The Morgan fingerprint density at radius 1 is 1.53 bits per heavy atom. The maximum atomic E-state index is 12.2. The molecular formula is C14H23N3O2. The molecule has 0 saturated carbocycles. The highest BCUT2D eigenvalue weighted by atomic mass is 16.6. The van der Waals surface area contributed by atoms with E-state index in [1.54, 1.807) is 4.68 Å². The van der Waals surface area contributed by atoms with Gasteiger partial charge in [0.05, 0.1) is 6.20 Å². The molecule has 0 aliphatic carbocycles. The van der Waals surface area contributed by atoms with Crippen LogP contribution in [0, 0.1) is 0 Å². The van der Waals surface area contributed by atoms with E-state index in [4.69, 9.17) is 4.74 Å². The third-order valence-electron chi connectivity index (χ3n) is 3.19. The van der Waals surface area contributed by atoms with Gasteiger partial charge < -0.3 is 4.74 Å². The first kappa shape index (κ1) is 14.1. The summed E-state index contributed by atoms with van der Waals surface area (Å²) in [5.74, 6) is -0.103. The number of esters is 1. The van der Waals surface area contributed by atoms with Crippen LogP contribution in [0.1, 0.15) is 39.2 Å². The van der Waals surface area contributed by atoms with Gasteiger partial charge >= 0.3 is 5.97 Å². The monoisotopic (exact) mass is 265 g/mol. The highest BCUT2D eigenvalue weighted by molar-refractivity contribution is 5.76. The standard InChI is InChI=1S/C14H23N3O2/c1-14(2,3)19-13(18)12-6-5-7-17(12)10-11-8-15-16(4)9-11/h8-9,12H,5-7,10H2,1-4H3/t12-/m1/s1. The molecule has 1 atom stereocenters. The van der Waals surface area contributed by atoms with Crippen LogP contribution in [0.25, 0.3) is 0 Å². The Morgan fingerprint density at radius 3 is 2.84 bits per heavy atom. The number of carbonyl (C=O) groups is 1. The normalized spacial score (nSPS) is 20.7. The summed E-state index contributed by atoms with van der Waals surface area (Å²) < 4.78 is 7.28. The number of aromatic nitrogens is 2.